The Morgan fingerprint density at radius 2 is 2.19 bits per heavy atom. The summed E-state index contributed by atoms with van der Waals surface area (Å²) in [5.41, 5.74) is 1.63. The second-order valence-electron chi connectivity index (χ2n) is 6.51. The number of aryl methyl sites for hydroxylation is 2. The molecule has 140 valence electrons. The maximum absolute atomic E-state index is 12.4. The van der Waals surface area contributed by atoms with Crippen LogP contribution in [0, 0.1) is 13.8 Å². The summed E-state index contributed by atoms with van der Waals surface area (Å²) in [5.74, 6) is 1.97. The molecular weight excluding hydrogens is 334 g/mol. The summed E-state index contributed by atoms with van der Waals surface area (Å²) in [5, 5.41) is 6.99. The zero-order valence-corrected chi connectivity index (χ0v) is 15.5. The number of ether oxygens (including phenoxy) is 1. The van der Waals surface area contributed by atoms with Gasteiger partial charge in [0.1, 0.15) is 5.76 Å². The van der Waals surface area contributed by atoms with E-state index in [0.29, 0.717) is 24.8 Å². The zero-order chi connectivity index (χ0) is 18.5. The van der Waals surface area contributed by atoms with Gasteiger partial charge in [-0.15, -0.1) is 0 Å². The van der Waals surface area contributed by atoms with Gasteiger partial charge >= 0.3 is 0 Å². The second kappa shape index (κ2) is 8.16. The minimum atomic E-state index is -0.0205. The minimum absolute atomic E-state index is 0.0205. The van der Waals surface area contributed by atoms with Crippen molar-refractivity contribution < 1.29 is 14.1 Å². The Labute approximate surface area is 152 Å². The summed E-state index contributed by atoms with van der Waals surface area (Å²) in [6.07, 6.45) is 5.35. The molecule has 3 heterocycles. The maximum Gasteiger partial charge on any atom is 0.257 e. The first-order valence-electron chi connectivity index (χ1n) is 8.98. The number of nitrogens with zero attached hydrogens (tertiary/aromatic N) is 4. The number of hydrogen-bond acceptors (Lipinski definition) is 7. The van der Waals surface area contributed by atoms with E-state index in [1.54, 1.807) is 12.4 Å². The van der Waals surface area contributed by atoms with Gasteiger partial charge < -0.3 is 19.5 Å². The van der Waals surface area contributed by atoms with E-state index in [4.69, 9.17) is 9.26 Å². The van der Waals surface area contributed by atoms with Crippen LogP contribution >= 0.6 is 0 Å². The number of anilines is 1. The van der Waals surface area contributed by atoms with Crippen molar-refractivity contribution in [1.82, 2.24) is 20.4 Å². The van der Waals surface area contributed by atoms with Crippen molar-refractivity contribution in [3.05, 3.63) is 29.4 Å². The van der Waals surface area contributed by atoms with Gasteiger partial charge in [0.15, 0.2) is 5.82 Å². The molecule has 0 saturated carbocycles. The smallest absolute Gasteiger partial charge is 0.257 e. The lowest BCUT2D eigenvalue weighted by molar-refractivity contribution is -0.121. The lowest BCUT2D eigenvalue weighted by atomic mass is 10.1. The normalized spacial score (nSPS) is 16.7. The lowest BCUT2D eigenvalue weighted by Crippen LogP contribution is -2.38. The molecule has 0 spiro atoms. The van der Waals surface area contributed by atoms with Crippen LogP contribution in [-0.2, 0) is 11.2 Å². The van der Waals surface area contributed by atoms with Crippen LogP contribution in [0.1, 0.15) is 36.8 Å². The van der Waals surface area contributed by atoms with Crippen molar-refractivity contribution in [1.29, 1.82) is 0 Å². The van der Waals surface area contributed by atoms with Crippen LogP contribution in [0.2, 0.25) is 0 Å². The Balaban J connectivity index is 1.58. The maximum atomic E-state index is 12.4. The molecule has 2 aromatic rings. The zero-order valence-electron chi connectivity index (χ0n) is 15.5. The fourth-order valence-corrected chi connectivity index (χ4v) is 3.10. The van der Waals surface area contributed by atoms with E-state index in [0.717, 1.165) is 36.5 Å². The monoisotopic (exact) mass is 359 g/mol. The number of amides is 1. The number of carbonyl (C=O) groups excluding carboxylic acids is 1. The third-order valence-corrected chi connectivity index (χ3v) is 4.46. The molecule has 8 nitrogen and oxygen atoms in total. The molecule has 1 atom stereocenters. The predicted molar refractivity (Wildman–Crippen MR) is 96.3 cm³/mol. The van der Waals surface area contributed by atoms with Gasteiger partial charge in [0, 0.05) is 37.1 Å². The van der Waals surface area contributed by atoms with Crippen molar-refractivity contribution in [3.63, 3.8) is 0 Å². The molecule has 1 aliphatic rings. The molecular formula is C18H25N5O3. The summed E-state index contributed by atoms with van der Waals surface area (Å²) in [4.78, 5) is 23.2. The molecule has 8 heteroatoms. The summed E-state index contributed by atoms with van der Waals surface area (Å²) < 4.78 is 10.8. The third kappa shape index (κ3) is 4.12. The van der Waals surface area contributed by atoms with Crippen LogP contribution in [-0.4, -0.2) is 46.8 Å². The van der Waals surface area contributed by atoms with Crippen LogP contribution < -0.4 is 15.0 Å². The van der Waals surface area contributed by atoms with E-state index in [1.165, 1.54) is 0 Å². The SMILES string of the molecule is CCCOc1nccnc1N1CCC(NC(=O)Cc2c(C)noc2C)C1. The number of nitrogens with one attached hydrogen (secondary N) is 1. The van der Waals surface area contributed by atoms with Crippen LogP contribution in [0.15, 0.2) is 16.9 Å². The number of hydrogen-bond donors (Lipinski definition) is 1. The first-order chi connectivity index (χ1) is 12.6. The largest absolute Gasteiger partial charge is 0.475 e. The van der Waals surface area contributed by atoms with Gasteiger partial charge in [0.25, 0.3) is 5.88 Å². The Hall–Kier alpha value is -2.64. The van der Waals surface area contributed by atoms with Gasteiger partial charge in [-0.25, -0.2) is 9.97 Å². The Morgan fingerprint density at radius 3 is 2.92 bits per heavy atom. The molecule has 1 saturated heterocycles. The van der Waals surface area contributed by atoms with Crippen molar-refractivity contribution >= 4 is 11.7 Å². The Morgan fingerprint density at radius 1 is 1.38 bits per heavy atom. The summed E-state index contributed by atoms with van der Waals surface area (Å²) in [6.45, 7) is 7.83. The average Bonchev–Trinajstić information content (AvgIpc) is 3.22. The molecule has 0 bridgehead atoms. The standard InChI is InChI=1S/C18H25N5O3/c1-4-9-25-18-17(19-6-7-20-18)23-8-5-14(11-23)21-16(24)10-15-12(2)22-26-13(15)3/h6-7,14H,4-5,8-11H2,1-3H3,(H,21,24). The topological polar surface area (TPSA) is 93.4 Å². The predicted octanol–water partition coefficient (Wildman–Crippen LogP) is 1.81. The fourth-order valence-electron chi connectivity index (χ4n) is 3.10. The molecule has 1 N–H and O–H groups in total. The van der Waals surface area contributed by atoms with E-state index in [1.807, 2.05) is 13.8 Å². The molecule has 26 heavy (non-hydrogen) atoms. The van der Waals surface area contributed by atoms with Crippen molar-refractivity contribution in [3.8, 4) is 5.88 Å². The third-order valence-electron chi connectivity index (χ3n) is 4.46. The second-order valence-corrected chi connectivity index (χ2v) is 6.51. The highest BCUT2D eigenvalue weighted by Gasteiger charge is 2.27. The number of rotatable bonds is 7. The Kier molecular flexibility index (Phi) is 5.70. The molecule has 1 fully saturated rings. The van der Waals surface area contributed by atoms with Crippen molar-refractivity contribution in [2.75, 3.05) is 24.6 Å². The van der Waals surface area contributed by atoms with Crippen molar-refractivity contribution in [2.45, 2.75) is 46.1 Å². The summed E-state index contributed by atoms with van der Waals surface area (Å²) in [6, 6.07) is 0.0732. The van der Waals surface area contributed by atoms with Gasteiger partial charge in [0.05, 0.1) is 18.7 Å². The Bertz CT molecular complexity index is 742. The lowest BCUT2D eigenvalue weighted by Gasteiger charge is -2.20. The molecule has 1 amide bonds. The molecule has 1 unspecified atom stereocenters. The van der Waals surface area contributed by atoms with Crippen molar-refractivity contribution in [2.24, 2.45) is 0 Å². The van der Waals surface area contributed by atoms with Gasteiger partial charge in [0.2, 0.25) is 5.91 Å². The van der Waals surface area contributed by atoms with E-state index in [2.05, 4.69) is 32.3 Å². The first kappa shape index (κ1) is 18.2. The van der Waals surface area contributed by atoms with Crippen LogP contribution in [0.5, 0.6) is 5.88 Å². The van der Waals surface area contributed by atoms with E-state index in [9.17, 15) is 4.79 Å². The van der Waals surface area contributed by atoms with E-state index in [-0.39, 0.29) is 18.4 Å². The summed E-state index contributed by atoms with van der Waals surface area (Å²) in [7, 11) is 0. The molecule has 0 radical (unpaired) electrons. The minimum Gasteiger partial charge on any atom is -0.475 e. The average molecular weight is 359 g/mol. The van der Waals surface area contributed by atoms with E-state index >= 15 is 0 Å². The molecule has 1 aliphatic heterocycles. The highest BCUT2D eigenvalue weighted by molar-refractivity contribution is 5.79. The summed E-state index contributed by atoms with van der Waals surface area (Å²) >= 11 is 0. The van der Waals surface area contributed by atoms with E-state index < -0.39 is 0 Å². The quantitative estimate of drug-likeness (QED) is 0.806. The van der Waals surface area contributed by atoms with Gasteiger partial charge in [-0.3, -0.25) is 4.79 Å². The number of carbonyl (C=O) groups is 1. The van der Waals surface area contributed by atoms with Gasteiger partial charge in [-0.1, -0.05) is 12.1 Å². The van der Waals surface area contributed by atoms with Crippen LogP contribution in [0.4, 0.5) is 5.82 Å². The van der Waals surface area contributed by atoms with Gasteiger partial charge in [-0.2, -0.15) is 0 Å². The molecule has 3 rings (SSSR count). The highest BCUT2D eigenvalue weighted by Crippen LogP contribution is 2.26. The number of aromatic nitrogens is 3. The van der Waals surface area contributed by atoms with Gasteiger partial charge in [-0.05, 0) is 26.7 Å². The highest BCUT2D eigenvalue weighted by atomic mass is 16.5. The molecule has 0 aliphatic carbocycles. The first-order valence-corrected chi connectivity index (χ1v) is 8.98. The van der Waals surface area contributed by atoms with Crippen LogP contribution in [0.25, 0.3) is 0 Å². The molecule has 2 aromatic heterocycles. The molecule has 0 aromatic carbocycles. The fraction of sp³-hybridized carbons (Fsp3) is 0.556. The van der Waals surface area contributed by atoms with Crippen LogP contribution in [0.3, 0.4) is 0 Å².